The number of nitrogen functional groups attached to an aromatic ring is 1. The molecule has 0 aliphatic carbocycles. The van der Waals surface area contributed by atoms with Gasteiger partial charge in [0.05, 0.1) is 10.6 Å². The summed E-state index contributed by atoms with van der Waals surface area (Å²) >= 11 is 0. The van der Waals surface area contributed by atoms with Gasteiger partial charge in [-0.25, -0.2) is 8.42 Å². The maximum absolute atomic E-state index is 12.4. The summed E-state index contributed by atoms with van der Waals surface area (Å²) in [7, 11) is -3.78. The molecule has 6 heteroatoms. The second-order valence-corrected chi connectivity index (χ2v) is 7.28. The Balaban J connectivity index is 3.07. The zero-order valence-electron chi connectivity index (χ0n) is 12.3. The lowest BCUT2D eigenvalue weighted by Gasteiger charge is -2.17. The van der Waals surface area contributed by atoms with E-state index < -0.39 is 21.0 Å². The van der Waals surface area contributed by atoms with Gasteiger partial charge in [-0.15, -0.1) is 0 Å². The molecule has 112 valence electrons. The van der Waals surface area contributed by atoms with Gasteiger partial charge in [0.25, 0.3) is 0 Å². The summed E-state index contributed by atoms with van der Waals surface area (Å²) < 4.78 is 24.9. The Bertz CT molecular complexity index is 596. The first-order chi connectivity index (χ1) is 9.20. The fraction of sp³-hybridized carbons (Fsp3) is 0.500. The summed E-state index contributed by atoms with van der Waals surface area (Å²) in [5.41, 5.74) is 6.81. The van der Waals surface area contributed by atoms with Crippen molar-refractivity contribution in [1.82, 2.24) is 5.32 Å². The molecule has 0 radical (unpaired) electrons. The van der Waals surface area contributed by atoms with E-state index in [0.29, 0.717) is 0 Å². The zero-order chi connectivity index (χ0) is 15.5. The van der Waals surface area contributed by atoms with E-state index in [2.05, 4.69) is 5.32 Å². The SMILES string of the molecule is CCC(C)NC(=O)C(C)S(=O)(=O)c1ccc(C)cc1N. The second-order valence-electron chi connectivity index (χ2n) is 5.05. The van der Waals surface area contributed by atoms with Gasteiger partial charge in [-0.2, -0.15) is 0 Å². The third-order valence-electron chi connectivity index (χ3n) is 3.31. The van der Waals surface area contributed by atoms with E-state index in [1.54, 1.807) is 12.1 Å². The van der Waals surface area contributed by atoms with Crippen molar-refractivity contribution in [3.63, 3.8) is 0 Å². The highest BCUT2D eigenvalue weighted by Crippen LogP contribution is 2.24. The van der Waals surface area contributed by atoms with Crippen LogP contribution in [-0.2, 0) is 14.6 Å². The maximum atomic E-state index is 12.4. The van der Waals surface area contributed by atoms with Crippen molar-refractivity contribution in [2.75, 3.05) is 5.73 Å². The molecule has 0 bridgehead atoms. The standard InChI is InChI=1S/C14H22N2O3S/c1-5-10(3)16-14(17)11(4)20(18,19)13-7-6-9(2)8-12(13)15/h6-8,10-11H,5,15H2,1-4H3,(H,16,17). The molecule has 0 aromatic heterocycles. The van der Waals surface area contributed by atoms with Crippen LogP contribution in [0.1, 0.15) is 32.8 Å². The number of nitrogens with two attached hydrogens (primary N) is 1. The van der Waals surface area contributed by atoms with E-state index in [0.717, 1.165) is 12.0 Å². The van der Waals surface area contributed by atoms with E-state index in [9.17, 15) is 13.2 Å². The van der Waals surface area contributed by atoms with Gasteiger partial charge in [-0.1, -0.05) is 13.0 Å². The van der Waals surface area contributed by atoms with Crippen molar-refractivity contribution in [2.24, 2.45) is 0 Å². The van der Waals surface area contributed by atoms with E-state index in [1.165, 1.54) is 13.0 Å². The molecule has 3 N–H and O–H groups in total. The minimum absolute atomic E-state index is 0.00917. The van der Waals surface area contributed by atoms with Crippen LogP contribution in [-0.4, -0.2) is 25.6 Å². The minimum atomic E-state index is -3.78. The molecule has 0 fully saturated rings. The monoisotopic (exact) mass is 298 g/mol. The number of rotatable bonds is 5. The van der Waals surface area contributed by atoms with Gasteiger partial charge < -0.3 is 11.1 Å². The van der Waals surface area contributed by atoms with Crippen molar-refractivity contribution in [3.8, 4) is 0 Å². The Kier molecular flexibility index (Phi) is 5.16. The lowest BCUT2D eigenvalue weighted by molar-refractivity contribution is -0.121. The Morgan fingerprint density at radius 2 is 1.95 bits per heavy atom. The number of aryl methyl sites for hydroxylation is 1. The second kappa shape index (κ2) is 6.26. The molecule has 2 unspecified atom stereocenters. The topological polar surface area (TPSA) is 89.3 Å². The predicted molar refractivity (Wildman–Crippen MR) is 80.1 cm³/mol. The van der Waals surface area contributed by atoms with Crippen LogP contribution in [0.15, 0.2) is 23.1 Å². The lowest BCUT2D eigenvalue weighted by atomic mass is 10.2. The van der Waals surface area contributed by atoms with Crippen molar-refractivity contribution in [2.45, 2.75) is 50.3 Å². The fourth-order valence-corrected chi connectivity index (χ4v) is 3.10. The van der Waals surface area contributed by atoms with Crippen LogP contribution in [0, 0.1) is 6.92 Å². The van der Waals surface area contributed by atoms with Gasteiger partial charge in [0.15, 0.2) is 9.84 Å². The number of carbonyl (C=O) groups excluding carboxylic acids is 1. The molecule has 0 aliphatic rings. The molecule has 1 aromatic carbocycles. The number of sulfone groups is 1. The minimum Gasteiger partial charge on any atom is -0.398 e. The largest absolute Gasteiger partial charge is 0.398 e. The summed E-state index contributed by atoms with van der Waals surface area (Å²) in [6, 6.07) is 4.65. The summed E-state index contributed by atoms with van der Waals surface area (Å²) in [4.78, 5) is 12.0. The number of carbonyl (C=O) groups is 1. The fourth-order valence-electron chi connectivity index (χ4n) is 1.72. The number of hydrogen-bond donors (Lipinski definition) is 2. The number of benzene rings is 1. The van der Waals surface area contributed by atoms with Gasteiger partial charge in [0.1, 0.15) is 5.25 Å². The first kappa shape index (κ1) is 16.5. The van der Waals surface area contributed by atoms with Crippen LogP contribution in [0.4, 0.5) is 5.69 Å². The predicted octanol–water partition coefficient (Wildman–Crippen LogP) is 1.65. The highest BCUT2D eigenvalue weighted by molar-refractivity contribution is 7.93. The smallest absolute Gasteiger partial charge is 0.238 e. The zero-order valence-corrected chi connectivity index (χ0v) is 13.1. The number of amides is 1. The molecule has 0 spiro atoms. The first-order valence-electron chi connectivity index (χ1n) is 6.60. The normalized spacial score (nSPS) is 14.6. The Hall–Kier alpha value is -1.56. The summed E-state index contributed by atoms with van der Waals surface area (Å²) in [6.07, 6.45) is 0.741. The van der Waals surface area contributed by atoms with Crippen LogP contribution < -0.4 is 11.1 Å². The molecule has 0 aliphatic heterocycles. The third kappa shape index (κ3) is 3.50. The van der Waals surface area contributed by atoms with E-state index in [4.69, 9.17) is 5.73 Å². The third-order valence-corrected chi connectivity index (χ3v) is 5.44. The number of hydrogen-bond acceptors (Lipinski definition) is 4. The number of anilines is 1. The molecule has 1 amide bonds. The molecule has 0 saturated carbocycles. The van der Waals surface area contributed by atoms with Crippen LogP contribution >= 0.6 is 0 Å². The van der Waals surface area contributed by atoms with E-state index in [1.807, 2.05) is 20.8 Å². The van der Waals surface area contributed by atoms with E-state index >= 15 is 0 Å². The molecule has 5 nitrogen and oxygen atoms in total. The molecule has 1 aromatic rings. The molecule has 0 heterocycles. The Morgan fingerprint density at radius 1 is 1.35 bits per heavy atom. The van der Waals surface area contributed by atoms with Crippen molar-refractivity contribution in [3.05, 3.63) is 23.8 Å². The highest BCUT2D eigenvalue weighted by atomic mass is 32.2. The molecular weight excluding hydrogens is 276 g/mol. The van der Waals surface area contributed by atoms with Crippen LogP contribution in [0.2, 0.25) is 0 Å². The van der Waals surface area contributed by atoms with Crippen molar-refractivity contribution < 1.29 is 13.2 Å². The van der Waals surface area contributed by atoms with Crippen LogP contribution in [0.25, 0.3) is 0 Å². The summed E-state index contributed by atoms with van der Waals surface area (Å²) in [6.45, 7) is 6.96. The van der Waals surface area contributed by atoms with Crippen molar-refractivity contribution in [1.29, 1.82) is 0 Å². The average Bonchev–Trinajstić information content (AvgIpc) is 2.36. The van der Waals surface area contributed by atoms with Crippen LogP contribution in [0.3, 0.4) is 0 Å². The van der Waals surface area contributed by atoms with Gasteiger partial charge in [0, 0.05) is 6.04 Å². The molecule has 2 atom stereocenters. The highest BCUT2D eigenvalue weighted by Gasteiger charge is 2.31. The van der Waals surface area contributed by atoms with Crippen molar-refractivity contribution >= 4 is 21.4 Å². The molecule has 20 heavy (non-hydrogen) atoms. The quantitative estimate of drug-likeness (QED) is 0.809. The van der Waals surface area contributed by atoms with Crippen LogP contribution in [0.5, 0.6) is 0 Å². The molecular formula is C14H22N2O3S. The summed E-state index contributed by atoms with van der Waals surface area (Å²) in [5.74, 6) is -0.501. The maximum Gasteiger partial charge on any atom is 0.238 e. The average molecular weight is 298 g/mol. The summed E-state index contributed by atoms with van der Waals surface area (Å²) in [5, 5.41) is 1.51. The first-order valence-corrected chi connectivity index (χ1v) is 8.15. The Morgan fingerprint density at radius 3 is 2.45 bits per heavy atom. The lowest BCUT2D eigenvalue weighted by Crippen LogP contribution is -2.42. The van der Waals surface area contributed by atoms with Gasteiger partial charge >= 0.3 is 0 Å². The molecule has 1 rings (SSSR count). The Labute approximate surface area is 120 Å². The number of nitrogens with one attached hydrogen (secondary N) is 1. The van der Waals surface area contributed by atoms with Gasteiger partial charge in [0.2, 0.25) is 5.91 Å². The van der Waals surface area contributed by atoms with Gasteiger partial charge in [-0.3, -0.25) is 4.79 Å². The molecule has 0 saturated heterocycles. The van der Waals surface area contributed by atoms with Gasteiger partial charge in [-0.05, 0) is 44.9 Å². The van der Waals surface area contributed by atoms with E-state index in [-0.39, 0.29) is 16.6 Å².